The molecule has 0 radical (unpaired) electrons. The summed E-state index contributed by atoms with van der Waals surface area (Å²) >= 11 is 0. The number of nitrogens with zero attached hydrogens (tertiary/aromatic N) is 2. The van der Waals surface area contributed by atoms with Crippen LogP contribution in [0.2, 0.25) is 0 Å². The van der Waals surface area contributed by atoms with Crippen LogP contribution >= 0.6 is 0 Å². The molecule has 0 fully saturated rings. The summed E-state index contributed by atoms with van der Waals surface area (Å²) in [7, 11) is 4.11. The highest BCUT2D eigenvalue weighted by molar-refractivity contribution is 5.61. The number of hydrogen-bond donors (Lipinski definition) is 0. The monoisotopic (exact) mass is 320 g/mol. The highest BCUT2D eigenvalue weighted by Crippen LogP contribution is 2.16. The van der Waals surface area contributed by atoms with E-state index in [2.05, 4.69) is 111 Å². The van der Waals surface area contributed by atoms with E-state index >= 15 is 0 Å². The van der Waals surface area contributed by atoms with Crippen LogP contribution in [0.3, 0.4) is 0 Å². The molecule has 2 rings (SSSR count). The average molecular weight is 320 g/mol. The summed E-state index contributed by atoms with van der Waals surface area (Å²) in [5.41, 5.74) is 4.94. The van der Waals surface area contributed by atoms with E-state index in [9.17, 15) is 0 Å². The number of benzene rings is 2. The lowest BCUT2D eigenvalue weighted by molar-refractivity contribution is 0.866. The third-order valence-electron chi connectivity index (χ3n) is 4.12. The first kappa shape index (κ1) is 17.9. The molecule has 0 unspecified atom stereocenters. The van der Waals surface area contributed by atoms with Gasteiger partial charge in [0.15, 0.2) is 0 Å². The van der Waals surface area contributed by atoms with Crippen LogP contribution in [-0.2, 0) is 0 Å². The lowest BCUT2D eigenvalue weighted by Crippen LogP contribution is -2.21. The number of allylic oxidation sites excluding steroid dienone is 2. The van der Waals surface area contributed by atoms with Crippen LogP contribution in [0.15, 0.2) is 60.7 Å². The fourth-order valence-electron chi connectivity index (χ4n) is 2.60. The Morgan fingerprint density at radius 1 is 0.667 bits per heavy atom. The summed E-state index contributed by atoms with van der Waals surface area (Å²) in [6.07, 6.45) is 8.44. The molecule has 0 atom stereocenters. The Morgan fingerprint density at radius 3 is 1.46 bits per heavy atom. The van der Waals surface area contributed by atoms with Gasteiger partial charge in [0, 0.05) is 38.6 Å². The van der Waals surface area contributed by atoms with Crippen molar-refractivity contribution in [3.63, 3.8) is 0 Å². The highest BCUT2D eigenvalue weighted by atomic mass is 15.1. The lowest BCUT2D eigenvalue weighted by atomic mass is 10.1. The van der Waals surface area contributed by atoms with Gasteiger partial charge >= 0.3 is 0 Å². The molecule has 0 aliphatic heterocycles. The first-order valence-corrected chi connectivity index (χ1v) is 8.61. The van der Waals surface area contributed by atoms with E-state index in [-0.39, 0.29) is 0 Å². The van der Waals surface area contributed by atoms with Gasteiger partial charge < -0.3 is 9.80 Å². The molecule has 2 nitrogen and oxygen atoms in total. The molecule has 0 amide bonds. The summed E-state index contributed by atoms with van der Waals surface area (Å²) in [4.78, 5) is 4.46. The molecule has 0 aliphatic rings. The number of hydrogen-bond acceptors (Lipinski definition) is 2. The maximum absolute atomic E-state index is 2.35. The molecule has 2 aromatic rings. The van der Waals surface area contributed by atoms with Crippen LogP contribution in [0.1, 0.15) is 25.0 Å². The lowest BCUT2D eigenvalue weighted by Gasteiger charge is -2.20. The molecule has 0 bridgehead atoms. The van der Waals surface area contributed by atoms with Crippen LogP contribution in [0.5, 0.6) is 0 Å². The second-order valence-corrected chi connectivity index (χ2v) is 5.97. The molecule has 126 valence electrons. The third kappa shape index (κ3) is 5.02. The Balaban J connectivity index is 1.95. The zero-order valence-corrected chi connectivity index (χ0v) is 15.2. The summed E-state index contributed by atoms with van der Waals surface area (Å²) in [5.74, 6) is 0. The van der Waals surface area contributed by atoms with Gasteiger partial charge in [-0.1, -0.05) is 48.6 Å². The van der Waals surface area contributed by atoms with Crippen molar-refractivity contribution >= 4 is 23.5 Å². The van der Waals surface area contributed by atoms with Gasteiger partial charge in [-0.2, -0.15) is 0 Å². The summed E-state index contributed by atoms with van der Waals surface area (Å²) in [6.45, 7) is 6.46. The zero-order valence-electron chi connectivity index (χ0n) is 15.2. The third-order valence-corrected chi connectivity index (χ3v) is 4.12. The molecule has 0 heterocycles. The van der Waals surface area contributed by atoms with Crippen molar-refractivity contribution in [2.24, 2.45) is 0 Å². The highest BCUT2D eigenvalue weighted by Gasteiger charge is 1.99. The largest absolute Gasteiger partial charge is 0.378 e. The second-order valence-electron chi connectivity index (χ2n) is 5.97. The topological polar surface area (TPSA) is 6.48 Å². The van der Waals surface area contributed by atoms with Crippen molar-refractivity contribution in [2.45, 2.75) is 13.8 Å². The van der Waals surface area contributed by atoms with E-state index in [1.807, 2.05) is 0 Å². The van der Waals surface area contributed by atoms with Crippen molar-refractivity contribution in [3.8, 4) is 0 Å². The molecule has 0 aliphatic carbocycles. The molecule has 0 saturated carbocycles. The minimum atomic E-state index is 1.04. The van der Waals surface area contributed by atoms with Crippen LogP contribution < -0.4 is 9.80 Å². The maximum atomic E-state index is 2.35. The van der Waals surface area contributed by atoms with E-state index in [0.717, 1.165) is 13.1 Å². The number of anilines is 2. The van der Waals surface area contributed by atoms with Crippen LogP contribution in [0.25, 0.3) is 12.2 Å². The fraction of sp³-hybridized carbons (Fsp3) is 0.273. The van der Waals surface area contributed by atoms with Gasteiger partial charge in [0.05, 0.1) is 0 Å². The Bertz CT molecular complexity index is 660. The van der Waals surface area contributed by atoms with Gasteiger partial charge in [0.2, 0.25) is 0 Å². The SMILES string of the molecule is CCN(CC)c1ccc(C=CC=Cc2ccc(N(C)C)cc2)cc1. The van der Waals surface area contributed by atoms with E-state index < -0.39 is 0 Å². The molecule has 0 saturated heterocycles. The summed E-state index contributed by atoms with van der Waals surface area (Å²) < 4.78 is 0. The van der Waals surface area contributed by atoms with Gasteiger partial charge in [-0.25, -0.2) is 0 Å². The Kier molecular flexibility index (Phi) is 6.68. The molecule has 2 aromatic carbocycles. The van der Waals surface area contributed by atoms with Gasteiger partial charge in [0.25, 0.3) is 0 Å². The first-order chi connectivity index (χ1) is 11.6. The molecular formula is C22H28N2. The smallest absolute Gasteiger partial charge is 0.0366 e. The fourth-order valence-corrected chi connectivity index (χ4v) is 2.60. The van der Waals surface area contributed by atoms with E-state index in [0.29, 0.717) is 0 Å². The van der Waals surface area contributed by atoms with Crippen molar-refractivity contribution in [3.05, 3.63) is 71.8 Å². The molecule has 2 heteroatoms. The first-order valence-electron chi connectivity index (χ1n) is 8.61. The Morgan fingerprint density at radius 2 is 1.08 bits per heavy atom. The number of rotatable bonds is 7. The zero-order chi connectivity index (χ0) is 17.4. The van der Waals surface area contributed by atoms with Crippen molar-refractivity contribution in [2.75, 3.05) is 37.0 Å². The van der Waals surface area contributed by atoms with Crippen LogP contribution in [-0.4, -0.2) is 27.2 Å². The normalized spacial score (nSPS) is 11.3. The van der Waals surface area contributed by atoms with E-state index in [4.69, 9.17) is 0 Å². The molecule has 0 aromatic heterocycles. The quantitative estimate of drug-likeness (QED) is 0.637. The predicted molar refractivity (Wildman–Crippen MR) is 109 cm³/mol. The standard InChI is InChI=1S/C22H28N2/c1-5-24(6-2)22-17-13-20(14-18-22)10-8-7-9-19-11-15-21(16-12-19)23(3)4/h7-18H,5-6H2,1-4H3. The molecular weight excluding hydrogens is 292 g/mol. The Hall–Kier alpha value is -2.48. The van der Waals surface area contributed by atoms with Gasteiger partial charge in [-0.05, 0) is 49.2 Å². The van der Waals surface area contributed by atoms with Gasteiger partial charge in [-0.3, -0.25) is 0 Å². The second kappa shape index (κ2) is 8.97. The van der Waals surface area contributed by atoms with Gasteiger partial charge in [0.1, 0.15) is 0 Å². The van der Waals surface area contributed by atoms with Gasteiger partial charge in [-0.15, -0.1) is 0 Å². The summed E-state index contributed by atoms with van der Waals surface area (Å²) in [5, 5.41) is 0. The molecule has 0 spiro atoms. The van der Waals surface area contributed by atoms with Crippen LogP contribution in [0, 0.1) is 0 Å². The van der Waals surface area contributed by atoms with Crippen molar-refractivity contribution in [1.82, 2.24) is 0 Å². The van der Waals surface area contributed by atoms with E-state index in [1.165, 1.54) is 22.5 Å². The molecule has 0 N–H and O–H groups in total. The van der Waals surface area contributed by atoms with Crippen LogP contribution in [0.4, 0.5) is 11.4 Å². The maximum Gasteiger partial charge on any atom is 0.0366 e. The minimum Gasteiger partial charge on any atom is -0.378 e. The van der Waals surface area contributed by atoms with Crippen molar-refractivity contribution < 1.29 is 0 Å². The Labute approximate surface area is 146 Å². The summed E-state index contributed by atoms with van der Waals surface area (Å²) in [6, 6.07) is 17.3. The average Bonchev–Trinajstić information content (AvgIpc) is 2.61. The minimum absolute atomic E-state index is 1.04. The predicted octanol–water partition coefficient (Wildman–Crippen LogP) is 5.33. The van der Waals surface area contributed by atoms with E-state index in [1.54, 1.807) is 0 Å². The van der Waals surface area contributed by atoms with Crippen molar-refractivity contribution in [1.29, 1.82) is 0 Å². The molecule has 24 heavy (non-hydrogen) atoms.